The quantitative estimate of drug-likeness (QED) is 0.236. The zero-order valence-electron chi connectivity index (χ0n) is 21.9. The normalized spacial score (nSPS) is 41.4. The summed E-state index contributed by atoms with van der Waals surface area (Å²) in [4.78, 5) is 0. The van der Waals surface area contributed by atoms with E-state index in [0.717, 1.165) is 42.4 Å². The smallest absolute Gasteiger partial charge is 0.726 e. The minimum atomic E-state index is -4.63. The molecule has 8 unspecified atom stereocenters. The molecule has 0 aromatic rings. The standard InChI is InChI=1S/C27H46O4S.Na/c1-18(2)7-6-8-19(3)23-11-12-24-22-10-9-20-17-21(31-32(28,29)30)13-15-26(20,4)25(22)14-16-27(23,24)5;/h9,18-19,21-25H,6-8,10-17H2,1-5H3,(H,28,29,30);/q;+1/p-1. The summed E-state index contributed by atoms with van der Waals surface area (Å²) in [5.41, 5.74) is 1.99. The van der Waals surface area contributed by atoms with Crippen LogP contribution in [0.1, 0.15) is 105 Å². The average Bonchev–Trinajstić information content (AvgIpc) is 3.04. The van der Waals surface area contributed by atoms with Gasteiger partial charge in [0, 0.05) is 0 Å². The number of hydrogen-bond donors (Lipinski definition) is 0. The molecule has 33 heavy (non-hydrogen) atoms. The first kappa shape index (κ1) is 28.2. The zero-order valence-corrected chi connectivity index (χ0v) is 24.8. The Labute approximate surface area is 225 Å². The van der Waals surface area contributed by atoms with Crippen molar-refractivity contribution in [2.45, 2.75) is 111 Å². The van der Waals surface area contributed by atoms with Gasteiger partial charge in [-0.3, -0.25) is 4.18 Å². The van der Waals surface area contributed by atoms with E-state index in [1.54, 1.807) is 0 Å². The van der Waals surface area contributed by atoms with E-state index in [1.165, 1.54) is 50.5 Å². The predicted molar refractivity (Wildman–Crippen MR) is 128 cm³/mol. The predicted octanol–water partition coefficient (Wildman–Crippen LogP) is 3.88. The molecule has 3 fully saturated rings. The molecule has 0 amide bonds. The molecular weight excluding hydrogens is 443 g/mol. The third-order valence-electron chi connectivity index (χ3n) is 10.5. The molecule has 0 aromatic carbocycles. The third-order valence-corrected chi connectivity index (χ3v) is 11.0. The van der Waals surface area contributed by atoms with Crippen LogP contribution in [0.5, 0.6) is 0 Å². The van der Waals surface area contributed by atoms with E-state index in [-0.39, 0.29) is 35.0 Å². The molecule has 0 aromatic heterocycles. The van der Waals surface area contributed by atoms with Crippen molar-refractivity contribution in [2.75, 3.05) is 0 Å². The van der Waals surface area contributed by atoms with E-state index in [0.29, 0.717) is 24.2 Å². The summed E-state index contributed by atoms with van der Waals surface area (Å²) in [6, 6.07) is 0. The Balaban J connectivity index is 0.00000306. The van der Waals surface area contributed by atoms with E-state index < -0.39 is 16.5 Å². The van der Waals surface area contributed by atoms with Crippen molar-refractivity contribution in [1.82, 2.24) is 0 Å². The topological polar surface area (TPSA) is 66.4 Å². The van der Waals surface area contributed by atoms with Crippen molar-refractivity contribution < 1.29 is 46.7 Å². The summed E-state index contributed by atoms with van der Waals surface area (Å²) in [6.45, 7) is 12.2. The summed E-state index contributed by atoms with van der Waals surface area (Å²) in [7, 11) is -4.63. The summed E-state index contributed by atoms with van der Waals surface area (Å²) in [5, 5.41) is 0. The van der Waals surface area contributed by atoms with E-state index in [9.17, 15) is 13.0 Å². The molecule has 4 aliphatic rings. The molecule has 4 aliphatic carbocycles. The molecule has 0 radical (unpaired) electrons. The minimum absolute atomic E-state index is 0. The van der Waals surface area contributed by atoms with Gasteiger partial charge in [-0.2, -0.15) is 0 Å². The molecule has 0 N–H and O–H groups in total. The molecule has 4 nitrogen and oxygen atoms in total. The van der Waals surface area contributed by atoms with Gasteiger partial charge in [-0.05, 0) is 97.7 Å². The number of hydrogen-bond acceptors (Lipinski definition) is 4. The summed E-state index contributed by atoms with van der Waals surface area (Å²) in [6.07, 6.45) is 14.8. The fourth-order valence-electron chi connectivity index (χ4n) is 8.90. The first-order chi connectivity index (χ1) is 14.9. The average molecular weight is 489 g/mol. The fourth-order valence-corrected chi connectivity index (χ4v) is 9.40. The van der Waals surface area contributed by atoms with Crippen molar-refractivity contribution in [1.29, 1.82) is 0 Å². The van der Waals surface area contributed by atoms with Crippen LogP contribution in [0.15, 0.2) is 11.6 Å². The molecular formula is C27H45NaO4S. The van der Waals surface area contributed by atoms with Crippen LogP contribution >= 0.6 is 0 Å². The number of allylic oxidation sites excluding steroid dienone is 1. The number of fused-ring (bicyclic) bond motifs is 5. The van der Waals surface area contributed by atoms with Crippen molar-refractivity contribution in [3.63, 3.8) is 0 Å². The van der Waals surface area contributed by atoms with Gasteiger partial charge in [-0.1, -0.05) is 65.5 Å². The zero-order chi connectivity index (χ0) is 23.3. The van der Waals surface area contributed by atoms with E-state index >= 15 is 0 Å². The molecule has 0 aliphatic heterocycles. The van der Waals surface area contributed by atoms with E-state index in [2.05, 4.69) is 40.7 Å². The molecule has 4 rings (SSSR count). The maximum atomic E-state index is 11.1. The van der Waals surface area contributed by atoms with Gasteiger partial charge < -0.3 is 4.55 Å². The minimum Gasteiger partial charge on any atom is -0.726 e. The molecule has 0 heterocycles. The Morgan fingerprint density at radius 1 is 1.06 bits per heavy atom. The Morgan fingerprint density at radius 2 is 1.79 bits per heavy atom. The molecule has 0 bridgehead atoms. The van der Waals surface area contributed by atoms with Crippen LogP contribution in [0.4, 0.5) is 0 Å². The first-order valence-electron chi connectivity index (χ1n) is 13.3. The molecule has 184 valence electrons. The van der Waals surface area contributed by atoms with Gasteiger partial charge >= 0.3 is 29.6 Å². The third kappa shape index (κ3) is 5.64. The Kier molecular flexibility index (Phi) is 9.00. The molecule has 0 saturated heterocycles. The van der Waals surface area contributed by atoms with E-state index in [4.69, 9.17) is 4.18 Å². The van der Waals surface area contributed by atoms with Crippen LogP contribution in [0.25, 0.3) is 0 Å². The second-order valence-electron chi connectivity index (χ2n) is 12.7. The van der Waals surface area contributed by atoms with Gasteiger partial charge in [0.15, 0.2) is 0 Å². The Hall–Kier alpha value is 0.610. The second-order valence-corrected chi connectivity index (χ2v) is 13.7. The van der Waals surface area contributed by atoms with Gasteiger partial charge in [0.2, 0.25) is 10.4 Å². The van der Waals surface area contributed by atoms with Crippen LogP contribution < -0.4 is 29.6 Å². The van der Waals surface area contributed by atoms with Crippen LogP contribution in [0, 0.1) is 46.3 Å². The van der Waals surface area contributed by atoms with Crippen LogP contribution in [-0.4, -0.2) is 19.1 Å². The van der Waals surface area contributed by atoms with Crippen molar-refractivity contribution in [2.24, 2.45) is 46.3 Å². The second kappa shape index (κ2) is 10.5. The SMILES string of the molecule is CC(C)CCCC(C)C1CCC2C3CC=C4CC(OS(=O)(=O)[O-])CCC4(C)C3CCC12C.[Na+]. The maximum Gasteiger partial charge on any atom is 1.00 e. The Bertz CT molecular complexity index is 824. The Morgan fingerprint density at radius 3 is 2.45 bits per heavy atom. The van der Waals surface area contributed by atoms with Crippen molar-refractivity contribution in [3.8, 4) is 0 Å². The van der Waals surface area contributed by atoms with Crippen molar-refractivity contribution >= 4 is 10.4 Å². The fraction of sp³-hybridized carbons (Fsp3) is 0.926. The summed E-state index contributed by atoms with van der Waals surface area (Å²) < 4.78 is 38.2. The molecule has 6 heteroatoms. The van der Waals surface area contributed by atoms with Crippen LogP contribution in [0.2, 0.25) is 0 Å². The van der Waals surface area contributed by atoms with Crippen molar-refractivity contribution in [3.05, 3.63) is 11.6 Å². The molecule has 3 saturated carbocycles. The van der Waals surface area contributed by atoms with Gasteiger partial charge in [0.05, 0.1) is 6.10 Å². The molecule has 0 spiro atoms. The van der Waals surface area contributed by atoms with Gasteiger partial charge in [0.1, 0.15) is 0 Å². The maximum absolute atomic E-state index is 11.1. The van der Waals surface area contributed by atoms with Gasteiger partial charge in [-0.25, -0.2) is 8.42 Å². The summed E-state index contributed by atoms with van der Waals surface area (Å²) in [5.74, 6) is 4.78. The van der Waals surface area contributed by atoms with E-state index in [1.807, 2.05) is 0 Å². The van der Waals surface area contributed by atoms with Gasteiger partial charge in [0.25, 0.3) is 0 Å². The first-order valence-corrected chi connectivity index (χ1v) is 14.6. The van der Waals surface area contributed by atoms with Crippen LogP contribution in [0.3, 0.4) is 0 Å². The summed E-state index contributed by atoms with van der Waals surface area (Å²) >= 11 is 0. The molecule has 8 atom stereocenters. The largest absolute Gasteiger partial charge is 1.00 e. The van der Waals surface area contributed by atoms with Crippen LogP contribution in [-0.2, 0) is 14.6 Å². The monoisotopic (exact) mass is 488 g/mol. The number of rotatable bonds is 7. The van der Waals surface area contributed by atoms with Gasteiger partial charge in [-0.15, -0.1) is 0 Å².